The first-order valence-electron chi connectivity index (χ1n) is 10.4. The van der Waals surface area contributed by atoms with Gasteiger partial charge in [0.25, 0.3) is 0 Å². The van der Waals surface area contributed by atoms with E-state index in [0.717, 1.165) is 59.1 Å². The zero-order valence-corrected chi connectivity index (χ0v) is 17.4. The van der Waals surface area contributed by atoms with Crippen molar-refractivity contribution in [3.63, 3.8) is 0 Å². The Morgan fingerprint density at radius 1 is 0.786 bits per heavy atom. The van der Waals surface area contributed by atoms with Crippen LogP contribution in [0.5, 0.6) is 0 Å². The van der Waals surface area contributed by atoms with Gasteiger partial charge in [-0.3, -0.25) is 9.59 Å². The van der Waals surface area contributed by atoms with Gasteiger partial charge in [0.05, 0.1) is 0 Å². The molecule has 4 nitrogen and oxygen atoms in total. The van der Waals surface area contributed by atoms with Crippen LogP contribution in [0, 0.1) is 0 Å². The number of hydrogen-bond acceptors (Lipinski definition) is 3. The number of likely N-dealkylation sites (N-methyl/N-ethyl adjacent to an activating group) is 1. The zero-order chi connectivity index (χ0) is 20.3. The topological polar surface area (TPSA) is 42.3 Å². The second kappa shape index (κ2) is 8.70. The van der Waals surface area contributed by atoms with Crippen LogP contribution in [0.25, 0.3) is 21.8 Å². The maximum atomic E-state index is 12.2. The van der Waals surface area contributed by atoms with E-state index >= 15 is 0 Å². The summed E-state index contributed by atoms with van der Waals surface area (Å²) in [6, 6.07) is 12.0. The molecule has 0 aliphatic heterocycles. The number of Topliss-reactive ketones (excluding diaryl/α,β-unsaturated/α-hetero) is 2. The number of carbonyl (C=O) groups is 2. The minimum Gasteiger partial charge on any atom is -0.339 e. The van der Waals surface area contributed by atoms with Crippen LogP contribution in [0.3, 0.4) is 0 Å². The van der Waals surface area contributed by atoms with Crippen molar-refractivity contribution in [2.24, 2.45) is 0 Å². The zero-order valence-electron chi connectivity index (χ0n) is 17.4. The van der Waals surface area contributed by atoms with E-state index in [0.29, 0.717) is 12.8 Å². The molecule has 3 aromatic rings. The molecule has 0 unspecified atom stereocenters. The van der Waals surface area contributed by atoms with Crippen LogP contribution in [-0.4, -0.2) is 40.7 Å². The molecule has 1 aromatic heterocycles. The summed E-state index contributed by atoms with van der Waals surface area (Å²) in [5.74, 6) is 0.290. The largest absolute Gasteiger partial charge is 0.339 e. The van der Waals surface area contributed by atoms with E-state index in [1.165, 1.54) is 0 Å². The maximum absolute atomic E-state index is 12.2. The van der Waals surface area contributed by atoms with Gasteiger partial charge in [0.15, 0.2) is 11.6 Å². The van der Waals surface area contributed by atoms with E-state index in [1.807, 2.05) is 38.1 Å². The van der Waals surface area contributed by atoms with Crippen molar-refractivity contribution in [1.29, 1.82) is 0 Å². The molecule has 3 rings (SSSR count). The Kier molecular flexibility index (Phi) is 6.30. The van der Waals surface area contributed by atoms with Crippen LogP contribution >= 0.6 is 0 Å². The van der Waals surface area contributed by atoms with Gasteiger partial charge in [0, 0.05) is 58.9 Å². The van der Waals surface area contributed by atoms with Gasteiger partial charge in [0.2, 0.25) is 0 Å². The SMILES string of the molecule is CCC(=O)c1ccc2c(c1)c1cc(C(=O)CC)ccc1n2CCN(CC)CC. The molecule has 1 heterocycles. The maximum Gasteiger partial charge on any atom is 0.162 e. The van der Waals surface area contributed by atoms with Gasteiger partial charge in [0.1, 0.15) is 0 Å². The quantitative estimate of drug-likeness (QED) is 0.473. The summed E-state index contributed by atoms with van der Waals surface area (Å²) in [6.07, 6.45) is 0.983. The Balaban J connectivity index is 2.19. The summed E-state index contributed by atoms with van der Waals surface area (Å²) >= 11 is 0. The average molecular weight is 379 g/mol. The minimum atomic E-state index is 0.145. The highest BCUT2D eigenvalue weighted by Gasteiger charge is 2.15. The highest BCUT2D eigenvalue weighted by molar-refractivity contribution is 6.13. The molecule has 0 atom stereocenters. The summed E-state index contributed by atoms with van der Waals surface area (Å²) in [5, 5.41) is 2.11. The fourth-order valence-electron chi connectivity index (χ4n) is 3.88. The second-order valence-corrected chi connectivity index (χ2v) is 7.20. The van der Waals surface area contributed by atoms with Gasteiger partial charge >= 0.3 is 0 Å². The van der Waals surface area contributed by atoms with E-state index in [-0.39, 0.29) is 11.6 Å². The Labute approximate surface area is 167 Å². The molecule has 0 saturated heterocycles. The number of fused-ring (bicyclic) bond motifs is 3. The van der Waals surface area contributed by atoms with Gasteiger partial charge in [-0.15, -0.1) is 0 Å². The lowest BCUT2D eigenvalue weighted by Gasteiger charge is -2.19. The molecule has 0 fully saturated rings. The fourth-order valence-corrected chi connectivity index (χ4v) is 3.88. The third-order valence-electron chi connectivity index (χ3n) is 5.69. The van der Waals surface area contributed by atoms with Gasteiger partial charge < -0.3 is 9.47 Å². The van der Waals surface area contributed by atoms with Gasteiger partial charge in [-0.2, -0.15) is 0 Å². The van der Waals surface area contributed by atoms with Crippen LogP contribution in [0.1, 0.15) is 61.3 Å². The van der Waals surface area contributed by atoms with E-state index < -0.39 is 0 Å². The van der Waals surface area contributed by atoms with Crippen LogP contribution in [0.4, 0.5) is 0 Å². The molecule has 0 aliphatic rings. The molecule has 148 valence electrons. The van der Waals surface area contributed by atoms with Crippen molar-refractivity contribution >= 4 is 33.4 Å². The third kappa shape index (κ3) is 3.74. The number of rotatable bonds is 9. The predicted octanol–water partition coefficient (Wildman–Crippen LogP) is 5.32. The van der Waals surface area contributed by atoms with Crippen molar-refractivity contribution in [3.05, 3.63) is 47.5 Å². The van der Waals surface area contributed by atoms with Crippen molar-refractivity contribution in [3.8, 4) is 0 Å². The summed E-state index contributed by atoms with van der Waals surface area (Å²) in [7, 11) is 0. The van der Waals surface area contributed by atoms with Crippen molar-refractivity contribution in [2.45, 2.75) is 47.1 Å². The molecule has 0 bridgehead atoms. The number of aromatic nitrogens is 1. The van der Waals surface area contributed by atoms with Gasteiger partial charge in [-0.1, -0.05) is 27.7 Å². The van der Waals surface area contributed by atoms with Crippen LogP contribution in [0.2, 0.25) is 0 Å². The molecule has 0 saturated carbocycles. The highest BCUT2D eigenvalue weighted by atomic mass is 16.1. The normalized spacial score (nSPS) is 11.6. The van der Waals surface area contributed by atoms with Crippen molar-refractivity contribution in [1.82, 2.24) is 9.47 Å². The standard InChI is InChI=1S/C24H30N2O2/c1-5-23(27)17-9-11-21-19(15-17)20-16-18(24(28)6-2)10-12-22(20)26(21)14-13-25(7-3)8-4/h9-12,15-16H,5-8,13-14H2,1-4H3. The van der Waals surface area contributed by atoms with Crippen molar-refractivity contribution in [2.75, 3.05) is 19.6 Å². The lowest BCUT2D eigenvalue weighted by atomic mass is 10.0. The molecule has 0 aliphatic carbocycles. The molecular formula is C24H30N2O2. The smallest absolute Gasteiger partial charge is 0.162 e. The van der Waals surface area contributed by atoms with Crippen LogP contribution < -0.4 is 0 Å². The highest BCUT2D eigenvalue weighted by Crippen LogP contribution is 2.31. The van der Waals surface area contributed by atoms with Crippen LogP contribution in [0.15, 0.2) is 36.4 Å². The third-order valence-corrected chi connectivity index (χ3v) is 5.69. The second-order valence-electron chi connectivity index (χ2n) is 7.20. The van der Waals surface area contributed by atoms with E-state index in [1.54, 1.807) is 0 Å². The number of benzene rings is 2. The summed E-state index contributed by atoms with van der Waals surface area (Å²) in [5.41, 5.74) is 3.72. The first-order valence-corrected chi connectivity index (χ1v) is 10.4. The number of carbonyl (C=O) groups excluding carboxylic acids is 2. The average Bonchev–Trinajstić information content (AvgIpc) is 3.05. The molecule has 28 heavy (non-hydrogen) atoms. The van der Waals surface area contributed by atoms with Crippen LogP contribution in [-0.2, 0) is 6.54 Å². The Morgan fingerprint density at radius 3 is 1.64 bits per heavy atom. The monoisotopic (exact) mass is 378 g/mol. The summed E-state index contributed by atoms with van der Waals surface area (Å²) in [6.45, 7) is 12.0. The molecular weight excluding hydrogens is 348 g/mol. The Hall–Kier alpha value is -2.46. The van der Waals surface area contributed by atoms with E-state index in [2.05, 4.69) is 35.4 Å². The minimum absolute atomic E-state index is 0.145. The number of ketones is 2. The summed E-state index contributed by atoms with van der Waals surface area (Å²) in [4.78, 5) is 26.9. The molecule has 0 spiro atoms. The lowest BCUT2D eigenvalue weighted by Crippen LogP contribution is -2.26. The lowest BCUT2D eigenvalue weighted by molar-refractivity contribution is 0.0980. The van der Waals surface area contributed by atoms with Crippen molar-refractivity contribution < 1.29 is 9.59 Å². The molecule has 2 aromatic carbocycles. The first kappa shape index (κ1) is 20.3. The molecule has 0 radical (unpaired) electrons. The Bertz CT molecular complexity index is 939. The Morgan fingerprint density at radius 2 is 1.25 bits per heavy atom. The number of hydrogen-bond donors (Lipinski definition) is 0. The fraction of sp³-hybridized carbons (Fsp3) is 0.417. The van der Waals surface area contributed by atoms with E-state index in [9.17, 15) is 9.59 Å². The molecule has 0 amide bonds. The first-order chi connectivity index (χ1) is 13.5. The van der Waals surface area contributed by atoms with Gasteiger partial charge in [-0.25, -0.2) is 0 Å². The molecule has 0 N–H and O–H groups in total. The molecule has 4 heteroatoms. The predicted molar refractivity (Wildman–Crippen MR) is 116 cm³/mol. The summed E-state index contributed by atoms with van der Waals surface area (Å²) < 4.78 is 2.32. The van der Waals surface area contributed by atoms with Gasteiger partial charge in [-0.05, 0) is 49.5 Å². The number of nitrogens with zero attached hydrogens (tertiary/aromatic N) is 2. The van der Waals surface area contributed by atoms with E-state index in [4.69, 9.17) is 0 Å².